The van der Waals surface area contributed by atoms with Crippen LogP contribution in [0.2, 0.25) is 0 Å². The molecule has 3 fully saturated rings. The third-order valence-electron chi connectivity index (χ3n) is 9.56. The highest BCUT2D eigenvalue weighted by atomic mass is 16.8. The number of carboxylic acids is 1. The van der Waals surface area contributed by atoms with Crippen molar-refractivity contribution in [1.82, 2.24) is 5.32 Å². The van der Waals surface area contributed by atoms with Crippen LogP contribution in [0.4, 0.5) is 0 Å². The molecule has 4 aliphatic rings. The van der Waals surface area contributed by atoms with E-state index in [1.807, 2.05) is 0 Å². The van der Waals surface area contributed by atoms with E-state index < -0.39 is 84.9 Å². The smallest absolute Gasteiger partial charge is 0.338 e. The summed E-state index contributed by atoms with van der Waals surface area (Å²) >= 11 is 0. The number of likely N-dealkylation sites (tertiary alicyclic amines) is 1. The SMILES string of the molecule is C=C[C@H]1[C@H](O[C@H]2O[C@H](CO)[C@@H](O)C(O)(O)[C@H]2O)OC=C(C(=O)OC2CCCC2)[C@@H]1C=CC1C[NH+](CCO)CC(C(=O)[O-])C1NC(N)=NC. The molecule has 3 heterocycles. The van der Waals surface area contributed by atoms with Crippen molar-refractivity contribution in [2.45, 2.75) is 74.5 Å². The summed E-state index contributed by atoms with van der Waals surface area (Å²) in [6.07, 6.45) is -0.00793. The number of ether oxygens (including phenoxy) is 4. The first-order valence-corrected chi connectivity index (χ1v) is 16.1. The standard InChI is InChI=1S/C31H48N4O13/c1-3-18-19(9-8-16-12-35(10-11-36)13-20(26(40)41)23(16)34-30(32)33-2)21(27(42)46-17-6-4-5-7-17)15-45-28(18)48-29-25(39)31(43,44)24(38)22(14-37)47-29/h3,8-9,15-20,22-25,28-29,36-39,43-44H,1,4-7,10-14H2,2H3,(H,40,41)(H3,32,33,34)/t16?,18-,19-,20?,22-,23?,24-,25+,28+,29-/m1/s1. The Hall–Kier alpha value is -3.13. The fraction of sp³-hybridized carbons (Fsp3) is 0.710. The molecule has 0 radical (unpaired) electrons. The zero-order chi connectivity index (χ0) is 35.2. The summed E-state index contributed by atoms with van der Waals surface area (Å²) < 4.78 is 22.8. The Bertz CT molecular complexity index is 1220. The van der Waals surface area contributed by atoms with E-state index in [9.17, 15) is 45.3 Å². The molecule has 2 saturated heterocycles. The average Bonchev–Trinajstić information content (AvgIpc) is 3.57. The number of nitrogens with two attached hydrogens (primary N) is 1. The number of carboxylic acid groups (broad SMARTS) is 1. The Morgan fingerprint density at radius 3 is 2.50 bits per heavy atom. The van der Waals surface area contributed by atoms with E-state index in [4.69, 9.17) is 24.7 Å². The summed E-state index contributed by atoms with van der Waals surface area (Å²) in [7, 11) is 1.45. The van der Waals surface area contributed by atoms with Gasteiger partial charge in [0.15, 0.2) is 18.4 Å². The van der Waals surface area contributed by atoms with E-state index in [1.165, 1.54) is 13.1 Å². The van der Waals surface area contributed by atoms with Gasteiger partial charge in [-0.15, -0.1) is 6.58 Å². The van der Waals surface area contributed by atoms with E-state index in [0.717, 1.165) is 24.0 Å². The van der Waals surface area contributed by atoms with Gasteiger partial charge in [0.25, 0.3) is 0 Å². The number of hydrogen-bond acceptors (Lipinski definition) is 14. The number of nitrogens with one attached hydrogen (secondary N) is 2. The summed E-state index contributed by atoms with van der Waals surface area (Å²) in [6, 6.07) is -0.765. The van der Waals surface area contributed by atoms with Crippen LogP contribution >= 0.6 is 0 Å². The maximum Gasteiger partial charge on any atom is 0.338 e. The van der Waals surface area contributed by atoms with E-state index in [-0.39, 0.29) is 37.3 Å². The molecule has 3 aliphatic heterocycles. The highest BCUT2D eigenvalue weighted by Gasteiger charge is 2.56. The largest absolute Gasteiger partial charge is 0.550 e. The molecule has 0 bridgehead atoms. The molecule has 17 heteroatoms. The number of guanidine groups is 1. The summed E-state index contributed by atoms with van der Waals surface area (Å²) in [5, 5.41) is 75.9. The number of nitrogens with zero attached hydrogens (tertiary/aromatic N) is 1. The van der Waals surface area contributed by atoms with Crippen molar-refractivity contribution in [1.29, 1.82) is 0 Å². The maximum atomic E-state index is 13.5. The van der Waals surface area contributed by atoms with Crippen LogP contribution in [0, 0.1) is 23.7 Å². The minimum Gasteiger partial charge on any atom is -0.550 e. The van der Waals surface area contributed by atoms with Crippen molar-refractivity contribution < 1.29 is 69.2 Å². The highest BCUT2D eigenvalue weighted by molar-refractivity contribution is 5.89. The molecule has 4 rings (SSSR count). The number of aliphatic imine (C=N–C) groups is 1. The molecule has 11 atom stereocenters. The number of quaternary nitrogens is 1. The first-order valence-electron chi connectivity index (χ1n) is 16.1. The predicted octanol–water partition coefficient (Wildman–Crippen LogP) is -5.40. The first kappa shape index (κ1) is 37.7. The van der Waals surface area contributed by atoms with Gasteiger partial charge in [0.1, 0.15) is 24.9 Å². The third-order valence-corrected chi connectivity index (χ3v) is 9.56. The van der Waals surface area contributed by atoms with Gasteiger partial charge in [-0.1, -0.05) is 18.2 Å². The number of carbonyl (C=O) groups is 2. The predicted molar refractivity (Wildman–Crippen MR) is 163 cm³/mol. The number of esters is 1. The van der Waals surface area contributed by atoms with Gasteiger partial charge in [-0.3, -0.25) is 4.99 Å². The van der Waals surface area contributed by atoms with Crippen molar-refractivity contribution in [2.75, 3.05) is 39.9 Å². The van der Waals surface area contributed by atoms with Gasteiger partial charge < -0.3 is 75.4 Å². The molecule has 0 spiro atoms. The molecule has 0 aromatic carbocycles. The fourth-order valence-electron chi connectivity index (χ4n) is 6.83. The van der Waals surface area contributed by atoms with Gasteiger partial charge in [0.2, 0.25) is 12.1 Å². The number of allylic oxidation sites excluding steroid dienone is 1. The number of hydrogen-bond donors (Lipinski definition) is 9. The van der Waals surface area contributed by atoms with Gasteiger partial charge in [-0.2, -0.15) is 0 Å². The quantitative estimate of drug-likeness (QED) is 0.0305. The van der Waals surface area contributed by atoms with Crippen molar-refractivity contribution in [2.24, 2.45) is 34.4 Å². The van der Waals surface area contributed by atoms with Crippen LogP contribution in [0.1, 0.15) is 25.7 Å². The lowest BCUT2D eigenvalue weighted by Gasteiger charge is -2.46. The number of aliphatic hydroxyl groups excluding tert-OH is 4. The first-order chi connectivity index (χ1) is 22.9. The molecule has 17 nitrogen and oxygen atoms in total. The summed E-state index contributed by atoms with van der Waals surface area (Å²) in [6.45, 7) is 3.70. The van der Waals surface area contributed by atoms with Crippen molar-refractivity contribution in [3.8, 4) is 0 Å². The normalized spacial score (nSPS) is 37.4. The average molecular weight is 685 g/mol. The van der Waals surface area contributed by atoms with Gasteiger partial charge in [-0.05, 0) is 25.7 Å². The molecule has 0 amide bonds. The van der Waals surface area contributed by atoms with Crippen LogP contribution in [0.3, 0.4) is 0 Å². The molecule has 1 saturated carbocycles. The van der Waals surface area contributed by atoms with Crippen LogP contribution in [0.25, 0.3) is 0 Å². The molecule has 48 heavy (non-hydrogen) atoms. The van der Waals surface area contributed by atoms with Crippen LogP contribution in [-0.4, -0.2) is 137 Å². The van der Waals surface area contributed by atoms with Gasteiger partial charge in [-0.25, -0.2) is 4.79 Å². The van der Waals surface area contributed by atoms with Crippen molar-refractivity contribution >= 4 is 17.9 Å². The Kier molecular flexibility index (Phi) is 13.0. The van der Waals surface area contributed by atoms with Crippen LogP contribution < -0.4 is 21.1 Å². The molecule has 1 aliphatic carbocycles. The number of aliphatic hydroxyl groups is 6. The van der Waals surface area contributed by atoms with Gasteiger partial charge in [0, 0.05) is 18.9 Å². The lowest BCUT2D eigenvalue weighted by Crippen LogP contribution is -3.16. The number of rotatable bonds is 12. The van der Waals surface area contributed by atoms with E-state index in [0.29, 0.717) is 19.4 Å². The summed E-state index contributed by atoms with van der Waals surface area (Å²) in [5.74, 6) is -8.34. The highest BCUT2D eigenvalue weighted by Crippen LogP contribution is 2.38. The lowest BCUT2D eigenvalue weighted by molar-refractivity contribution is -0.911. The monoisotopic (exact) mass is 684 g/mol. The zero-order valence-corrected chi connectivity index (χ0v) is 26.8. The summed E-state index contributed by atoms with van der Waals surface area (Å²) in [4.78, 5) is 30.5. The van der Waals surface area contributed by atoms with Crippen LogP contribution in [0.15, 0.2) is 41.6 Å². The Balaban J connectivity index is 1.68. The third kappa shape index (κ3) is 8.35. The Labute approximate surface area is 277 Å². The van der Waals surface area contributed by atoms with Crippen molar-refractivity contribution in [3.63, 3.8) is 0 Å². The topological polar surface area (TPSA) is 270 Å². The minimum atomic E-state index is -3.11. The lowest BCUT2D eigenvalue weighted by atomic mass is 9.79. The second kappa shape index (κ2) is 16.5. The van der Waals surface area contributed by atoms with Gasteiger partial charge >= 0.3 is 5.97 Å². The summed E-state index contributed by atoms with van der Waals surface area (Å²) in [5.41, 5.74) is 6.05. The Morgan fingerprint density at radius 2 is 1.90 bits per heavy atom. The molecule has 0 aromatic rings. The number of piperidine rings is 1. The number of aliphatic carboxylic acids is 1. The van der Waals surface area contributed by atoms with Crippen molar-refractivity contribution in [3.05, 3.63) is 36.6 Å². The fourth-order valence-corrected chi connectivity index (χ4v) is 6.83. The van der Waals surface area contributed by atoms with Crippen LogP contribution in [-0.2, 0) is 28.5 Å². The molecular weight excluding hydrogens is 636 g/mol. The zero-order valence-electron chi connectivity index (χ0n) is 26.8. The second-order valence-electron chi connectivity index (χ2n) is 12.6. The minimum absolute atomic E-state index is 0.0145. The molecule has 0 aromatic heterocycles. The van der Waals surface area contributed by atoms with Crippen LogP contribution in [0.5, 0.6) is 0 Å². The Morgan fingerprint density at radius 1 is 1.19 bits per heavy atom. The van der Waals surface area contributed by atoms with E-state index >= 15 is 0 Å². The van der Waals surface area contributed by atoms with Gasteiger partial charge in [0.05, 0.1) is 62.0 Å². The van der Waals surface area contributed by atoms with E-state index in [2.05, 4.69) is 16.9 Å². The number of carbonyl (C=O) groups excluding carboxylic acids is 2. The maximum absolute atomic E-state index is 13.5. The molecule has 4 unspecified atom stereocenters. The second-order valence-corrected chi connectivity index (χ2v) is 12.6. The van der Waals surface area contributed by atoms with E-state index in [1.54, 1.807) is 12.2 Å². The molecule has 10 N–H and O–H groups in total. The molecular formula is C31H48N4O13. The molecule has 270 valence electrons.